The zero-order valence-corrected chi connectivity index (χ0v) is 20.5. The molecule has 0 aliphatic rings. The molecule has 0 saturated heterocycles. The number of ether oxygens (including phenoxy) is 3. The molecule has 0 bridgehead atoms. The molecule has 0 saturated carbocycles. The monoisotopic (exact) mass is 539 g/mol. The van der Waals surface area contributed by atoms with Gasteiger partial charge in [0.15, 0.2) is 0 Å². The molecule has 2 heterocycles. The Kier molecular flexibility index (Phi) is 7.21. The van der Waals surface area contributed by atoms with Gasteiger partial charge in [0.1, 0.15) is 18.1 Å². The minimum absolute atomic E-state index is 0.000507. The number of rotatable bonds is 9. The van der Waals surface area contributed by atoms with Crippen molar-refractivity contribution >= 4 is 21.9 Å². The van der Waals surface area contributed by atoms with Gasteiger partial charge in [0.2, 0.25) is 11.8 Å². The van der Waals surface area contributed by atoms with Crippen molar-refractivity contribution in [1.29, 1.82) is 0 Å². The summed E-state index contributed by atoms with van der Waals surface area (Å²) in [5, 5.41) is 19.1. The predicted molar refractivity (Wildman–Crippen MR) is 131 cm³/mol. The number of carboxylic acids is 1. The average Bonchev–Trinajstić information content (AvgIpc) is 3.24. The van der Waals surface area contributed by atoms with E-state index in [0.717, 1.165) is 27.2 Å². The van der Waals surface area contributed by atoms with Gasteiger partial charge in [-0.3, -0.25) is 0 Å². The van der Waals surface area contributed by atoms with Crippen LogP contribution in [0.3, 0.4) is 0 Å². The largest absolute Gasteiger partial charge is 0.506 e. The molecule has 10 heteroatoms. The lowest BCUT2D eigenvalue weighted by molar-refractivity contribution is 0.0685. The average molecular weight is 540 g/mol. The summed E-state index contributed by atoms with van der Waals surface area (Å²) in [5.41, 5.74) is 3.29. The smallest absolute Gasteiger partial charge is 0.352 e. The molecule has 0 unspecified atom stereocenters. The van der Waals surface area contributed by atoms with E-state index in [2.05, 4.69) is 25.9 Å². The second kappa shape index (κ2) is 10.5. The van der Waals surface area contributed by atoms with Gasteiger partial charge < -0.3 is 29.0 Å². The van der Waals surface area contributed by atoms with Gasteiger partial charge in [0, 0.05) is 22.3 Å². The second-order valence-corrected chi connectivity index (χ2v) is 8.25. The molecule has 0 fully saturated rings. The zero-order chi connectivity index (χ0) is 24.9. The van der Waals surface area contributed by atoms with Crippen LogP contribution in [0.2, 0.25) is 0 Å². The quantitative estimate of drug-likeness (QED) is 0.313. The fourth-order valence-electron chi connectivity index (χ4n) is 3.61. The highest BCUT2D eigenvalue weighted by Gasteiger charge is 2.21. The Morgan fingerprint density at radius 2 is 1.71 bits per heavy atom. The number of hydrogen-bond donors (Lipinski definition) is 2. The van der Waals surface area contributed by atoms with Gasteiger partial charge in [0.05, 0.1) is 26.3 Å². The standard InChI is InChI=1S/C25H22BrN3O6/c1-33-22-19(13-29-12-17(30)11-20(29)24(31)32)23(34-2)28-25(27-22)35-14-16-9-6-10-18(21(16)26)15-7-4-3-5-8-15/h3-12,30H,13-14H2,1-2H3,(H,31,32). The molecule has 2 aromatic heterocycles. The van der Waals surface area contributed by atoms with E-state index in [1.807, 2.05) is 48.5 Å². The predicted octanol–water partition coefficient (Wildman–Crippen LogP) is 4.76. The molecular formula is C25H22BrN3O6. The maximum atomic E-state index is 11.5. The van der Waals surface area contributed by atoms with Crippen molar-refractivity contribution < 1.29 is 29.2 Å². The molecule has 2 aromatic carbocycles. The molecule has 0 amide bonds. The summed E-state index contributed by atoms with van der Waals surface area (Å²) in [6, 6.07) is 17.1. The Balaban J connectivity index is 1.60. The van der Waals surface area contributed by atoms with E-state index in [4.69, 9.17) is 14.2 Å². The normalized spacial score (nSPS) is 10.7. The molecule has 0 aliphatic carbocycles. The third-order valence-corrected chi connectivity index (χ3v) is 6.18. The number of aromatic nitrogens is 3. The summed E-state index contributed by atoms with van der Waals surface area (Å²) in [7, 11) is 2.86. The number of aromatic hydroxyl groups is 1. The summed E-state index contributed by atoms with van der Waals surface area (Å²) in [6.07, 6.45) is 1.30. The van der Waals surface area contributed by atoms with Crippen molar-refractivity contribution in [3.8, 4) is 34.6 Å². The number of benzene rings is 2. The lowest BCUT2D eigenvalue weighted by Crippen LogP contribution is -2.12. The molecule has 35 heavy (non-hydrogen) atoms. The van der Waals surface area contributed by atoms with Crippen LogP contribution >= 0.6 is 15.9 Å². The van der Waals surface area contributed by atoms with Crippen molar-refractivity contribution in [1.82, 2.24) is 14.5 Å². The van der Waals surface area contributed by atoms with Gasteiger partial charge >= 0.3 is 12.0 Å². The first kappa shape index (κ1) is 24.1. The lowest BCUT2D eigenvalue weighted by Gasteiger charge is -2.15. The third kappa shape index (κ3) is 5.22. The highest BCUT2D eigenvalue weighted by molar-refractivity contribution is 9.10. The number of nitrogens with zero attached hydrogens (tertiary/aromatic N) is 3. The second-order valence-electron chi connectivity index (χ2n) is 7.45. The first-order valence-electron chi connectivity index (χ1n) is 10.5. The van der Waals surface area contributed by atoms with Crippen molar-refractivity contribution in [2.24, 2.45) is 0 Å². The van der Waals surface area contributed by atoms with Gasteiger partial charge in [-0.25, -0.2) is 4.79 Å². The maximum Gasteiger partial charge on any atom is 0.352 e. The fraction of sp³-hybridized carbons (Fsp3) is 0.160. The van der Waals surface area contributed by atoms with Crippen LogP contribution in [0, 0.1) is 0 Å². The Bertz CT molecular complexity index is 1330. The van der Waals surface area contributed by atoms with Crippen LogP contribution in [0.4, 0.5) is 0 Å². The van der Waals surface area contributed by atoms with Crippen molar-refractivity contribution in [2.45, 2.75) is 13.2 Å². The number of halogens is 1. The molecule has 0 aliphatic heterocycles. The number of hydrogen-bond acceptors (Lipinski definition) is 7. The van der Waals surface area contributed by atoms with Crippen LogP contribution in [0.25, 0.3) is 11.1 Å². The number of carboxylic acid groups (broad SMARTS) is 1. The molecule has 4 rings (SSSR count). The summed E-state index contributed by atoms with van der Waals surface area (Å²) in [6.45, 7) is 0.182. The highest BCUT2D eigenvalue weighted by atomic mass is 79.9. The van der Waals surface area contributed by atoms with Crippen LogP contribution in [0.1, 0.15) is 21.6 Å². The van der Waals surface area contributed by atoms with E-state index in [1.54, 1.807) is 0 Å². The van der Waals surface area contributed by atoms with Crippen LogP contribution in [-0.2, 0) is 13.2 Å². The van der Waals surface area contributed by atoms with Crippen LogP contribution in [0.15, 0.2) is 65.3 Å². The molecule has 0 atom stereocenters. The summed E-state index contributed by atoms with van der Waals surface area (Å²) >= 11 is 3.68. The third-order valence-electron chi connectivity index (χ3n) is 5.25. The summed E-state index contributed by atoms with van der Waals surface area (Å²) < 4.78 is 18.9. The Morgan fingerprint density at radius 3 is 2.34 bits per heavy atom. The summed E-state index contributed by atoms with van der Waals surface area (Å²) in [5.74, 6) is -1.04. The fourth-order valence-corrected chi connectivity index (χ4v) is 4.22. The van der Waals surface area contributed by atoms with Gasteiger partial charge in [-0.15, -0.1) is 0 Å². The maximum absolute atomic E-state index is 11.5. The minimum Gasteiger partial charge on any atom is -0.506 e. The SMILES string of the molecule is COc1nc(OCc2cccc(-c3ccccc3)c2Br)nc(OC)c1Cn1cc(O)cc1C(=O)O. The van der Waals surface area contributed by atoms with E-state index < -0.39 is 5.97 Å². The molecule has 4 aromatic rings. The number of methoxy groups -OCH3 is 2. The zero-order valence-electron chi connectivity index (χ0n) is 18.9. The number of carbonyl (C=O) groups is 1. The topological polar surface area (TPSA) is 116 Å². The van der Waals surface area contributed by atoms with Crippen molar-refractivity contribution in [3.05, 3.63) is 82.1 Å². The molecule has 9 nitrogen and oxygen atoms in total. The Hall–Kier alpha value is -4.05. The van der Waals surface area contributed by atoms with E-state index in [9.17, 15) is 15.0 Å². The minimum atomic E-state index is -1.19. The first-order chi connectivity index (χ1) is 16.9. The van der Waals surface area contributed by atoms with E-state index in [1.165, 1.54) is 25.0 Å². The Labute approximate surface area is 209 Å². The van der Waals surface area contributed by atoms with Crippen LogP contribution < -0.4 is 14.2 Å². The van der Waals surface area contributed by atoms with Gasteiger partial charge in [-0.2, -0.15) is 9.97 Å². The lowest BCUT2D eigenvalue weighted by atomic mass is 10.0. The highest BCUT2D eigenvalue weighted by Crippen LogP contribution is 2.33. The number of aromatic carboxylic acids is 1. The van der Waals surface area contributed by atoms with Gasteiger partial charge in [-0.05, 0) is 27.1 Å². The van der Waals surface area contributed by atoms with Crippen molar-refractivity contribution in [2.75, 3.05) is 14.2 Å². The molecular weight excluding hydrogens is 518 g/mol. The Morgan fingerprint density at radius 1 is 1.03 bits per heavy atom. The van der Waals surface area contributed by atoms with E-state index in [0.29, 0.717) is 5.56 Å². The van der Waals surface area contributed by atoms with Gasteiger partial charge in [-0.1, -0.05) is 48.5 Å². The summed E-state index contributed by atoms with van der Waals surface area (Å²) in [4.78, 5) is 20.2. The molecule has 0 spiro atoms. The van der Waals surface area contributed by atoms with Gasteiger partial charge in [0.25, 0.3) is 0 Å². The van der Waals surface area contributed by atoms with Crippen LogP contribution in [-0.4, -0.2) is 44.9 Å². The molecule has 180 valence electrons. The van der Waals surface area contributed by atoms with Crippen LogP contribution in [0.5, 0.6) is 23.5 Å². The van der Waals surface area contributed by atoms with E-state index >= 15 is 0 Å². The molecule has 0 radical (unpaired) electrons. The molecule has 2 N–H and O–H groups in total. The first-order valence-corrected chi connectivity index (χ1v) is 11.3. The van der Waals surface area contributed by atoms with Crippen molar-refractivity contribution in [3.63, 3.8) is 0 Å². The van der Waals surface area contributed by atoms with E-state index in [-0.39, 0.29) is 42.4 Å².